The van der Waals surface area contributed by atoms with Gasteiger partial charge in [0.05, 0.1) is 19.0 Å². The maximum atomic E-state index is 12.8. The number of nitrogens with zero attached hydrogens (tertiary/aromatic N) is 3. The summed E-state index contributed by atoms with van der Waals surface area (Å²) in [6.45, 7) is 9.36. The van der Waals surface area contributed by atoms with Gasteiger partial charge in [-0.15, -0.1) is 5.01 Å². The topological polar surface area (TPSA) is 109 Å². The van der Waals surface area contributed by atoms with Crippen LogP contribution in [-0.4, -0.2) is 46.0 Å². The smallest absolute Gasteiger partial charge is 0.439 e. The number of hydrogen-bond acceptors (Lipinski definition) is 7. The van der Waals surface area contributed by atoms with Crippen LogP contribution in [0.25, 0.3) is 0 Å². The summed E-state index contributed by atoms with van der Waals surface area (Å²) in [7, 11) is 0. The van der Waals surface area contributed by atoms with Gasteiger partial charge in [-0.25, -0.2) is 19.4 Å². The first kappa shape index (κ1) is 24.8. The predicted molar refractivity (Wildman–Crippen MR) is 108 cm³/mol. The quantitative estimate of drug-likeness (QED) is 0.517. The molecule has 1 aromatic carbocycles. The summed E-state index contributed by atoms with van der Waals surface area (Å²) in [5, 5.41) is 10.1. The second kappa shape index (κ2) is 10.5. The maximum Gasteiger partial charge on any atom is 0.439 e. The van der Waals surface area contributed by atoms with Gasteiger partial charge in [0, 0.05) is 0 Å². The van der Waals surface area contributed by atoms with Crippen molar-refractivity contribution < 1.29 is 28.6 Å². The minimum Gasteiger partial charge on any atom is -0.443 e. The Hall–Kier alpha value is -3.28. The van der Waals surface area contributed by atoms with Gasteiger partial charge in [0.15, 0.2) is 0 Å². The lowest BCUT2D eigenvalue weighted by Crippen LogP contribution is -2.55. The van der Waals surface area contributed by atoms with E-state index in [1.165, 1.54) is 0 Å². The molecule has 9 heteroatoms. The van der Waals surface area contributed by atoms with E-state index in [0.29, 0.717) is 10.6 Å². The molecule has 1 rings (SSSR count). The summed E-state index contributed by atoms with van der Waals surface area (Å²) in [6, 6.07) is 10.7. The summed E-state index contributed by atoms with van der Waals surface area (Å²) in [5.41, 5.74) is -1.14. The van der Waals surface area contributed by atoms with E-state index >= 15 is 0 Å². The molecule has 0 heterocycles. The van der Waals surface area contributed by atoms with Crippen LogP contribution in [0.2, 0.25) is 0 Å². The Kier molecular flexibility index (Phi) is 8.65. The van der Waals surface area contributed by atoms with Crippen molar-refractivity contribution in [1.82, 2.24) is 10.0 Å². The number of carbonyl (C=O) groups is 3. The van der Waals surface area contributed by atoms with Crippen LogP contribution in [-0.2, 0) is 20.8 Å². The normalized spacial score (nSPS) is 11.1. The van der Waals surface area contributed by atoms with E-state index in [1.54, 1.807) is 65.8 Å². The van der Waals surface area contributed by atoms with Crippen LogP contribution in [0.3, 0.4) is 0 Å². The number of benzene rings is 1. The van der Waals surface area contributed by atoms with Crippen LogP contribution in [0.1, 0.15) is 53.5 Å². The third kappa shape index (κ3) is 8.82. The fourth-order valence-electron chi connectivity index (χ4n) is 2.10. The number of imide groups is 1. The van der Waals surface area contributed by atoms with Gasteiger partial charge < -0.3 is 14.2 Å². The zero-order valence-electron chi connectivity index (χ0n) is 18.3. The fourth-order valence-corrected chi connectivity index (χ4v) is 2.10. The van der Waals surface area contributed by atoms with Crippen molar-refractivity contribution in [3.05, 3.63) is 35.9 Å². The van der Waals surface area contributed by atoms with Crippen LogP contribution in [0.4, 0.5) is 14.4 Å². The van der Waals surface area contributed by atoms with Gasteiger partial charge in [-0.2, -0.15) is 5.26 Å². The molecular weight excluding hydrogens is 390 g/mol. The van der Waals surface area contributed by atoms with Crippen molar-refractivity contribution in [2.24, 2.45) is 0 Å². The molecule has 0 atom stereocenters. The summed E-state index contributed by atoms with van der Waals surface area (Å²) in [5.74, 6) is 0. The van der Waals surface area contributed by atoms with Crippen molar-refractivity contribution in [3.63, 3.8) is 0 Å². The molecule has 9 nitrogen and oxygen atoms in total. The highest BCUT2D eigenvalue weighted by Crippen LogP contribution is 2.17. The zero-order valence-corrected chi connectivity index (χ0v) is 18.3. The Labute approximate surface area is 177 Å². The van der Waals surface area contributed by atoms with Crippen molar-refractivity contribution in [2.45, 2.75) is 65.8 Å². The van der Waals surface area contributed by atoms with Gasteiger partial charge >= 0.3 is 18.3 Å². The monoisotopic (exact) mass is 419 g/mol. The summed E-state index contributed by atoms with van der Waals surface area (Å²) >= 11 is 0. The van der Waals surface area contributed by atoms with Crippen LogP contribution in [0.15, 0.2) is 30.3 Å². The molecule has 164 valence electrons. The highest BCUT2D eigenvalue weighted by Gasteiger charge is 2.38. The second-order valence-corrected chi connectivity index (χ2v) is 8.34. The largest absolute Gasteiger partial charge is 0.443 e. The van der Waals surface area contributed by atoms with Crippen LogP contribution < -0.4 is 0 Å². The third-order valence-electron chi connectivity index (χ3n) is 3.23. The second-order valence-electron chi connectivity index (χ2n) is 8.34. The minimum absolute atomic E-state index is 0.126. The summed E-state index contributed by atoms with van der Waals surface area (Å²) < 4.78 is 15.8. The molecule has 0 aliphatic heterocycles. The van der Waals surface area contributed by atoms with Crippen molar-refractivity contribution >= 4 is 18.3 Å². The lowest BCUT2D eigenvalue weighted by molar-refractivity contribution is -0.0579. The third-order valence-corrected chi connectivity index (χ3v) is 3.23. The average molecular weight is 419 g/mol. The Bertz CT molecular complexity index is 775. The molecule has 0 saturated heterocycles. The molecule has 3 amide bonds. The highest BCUT2D eigenvalue weighted by atomic mass is 16.6. The number of carbonyl (C=O) groups excluding carboxylic acids is 3. The van der Waals surface area contributed by atoms with Crippen molar-refractivity contribution in [1.29, 1.82) is 5.26 Å². The Morgan fingerprint density at radius 2 is 1.43 bits per heavy atom. The molecule has 30 heavy (non-hydrogen) atoms. The zero-order chi connectivity index (χ0) is 22.9. The Morgan fingerprint density at radius 3 is 1.93 bits per heavy atom. The number of nitriles is 1. The fraction of sp³-hybridized carbons (Fsp3) is 0.524. The maximum absolute atomic E-state index is 12.8. The predicted octanol–water partition coefficient (Wildman–Crippen LogP) is 4.63. The number of ether oxygens (including phenoxy) is 3. The minimum atomic E-state index is -1.13. The number of rotatable bonds is 4. The number of hydrazine groups is 1. The lowest BCUT2D eigenvalue weighted by Gasteiger charge is -2.34. The summed E-state index contributed by atoms with van der Waals surface area (Å²) in [6.07, 6.45) is -3.38. The van der Waals surface area contributed by atoms with E-state index in [2.05, 4.69) is 0 Å². The molecule has 0 fully saturated rings. The van der Waals surface area contributed by atoms with Gasteiger partial charge in [0.25, 0.3) is 0 Å². The number of hydrogen-bond donors (Lipinski definition) is 0. The Balaban J connectivity index is 3.18. The van der Waals surface area contributed by atoms with E-state index in [-0.39, 0.29) is 19.6 Å². The van der Waals surface area contributed by atoms with Crippen LogP contribution >= 0.6 is 0 Å². The van der Waals surface area contributed by atoms with E-state index in [9.17, 15) is 14.4 Å². The van der Waals surface area contributed by atoms with E-state index in [0.717, 1.165) is 5.01 Å². The van der Waals surface area contributed by atoms with Crippen LogP contribution in [0.5, 0.6) is 0 Å². The highest BCUT2D eigenvalue weighted by molar-refractivity contribution is 5.90. The van der Waals surface area contributed by atoms with E-state index in [4.69, 9.17) is 19.5 Å². The van der Waals surface area contributed by atoms with Gasteiger partial charge in [0.2, 0.25) is 0 Å². The molecule has 0 aliphatic carbocycles. The first-order chi connectivity index (χ1) is 13.8. The van der Waals surface area contributed by atoms with Crippen LogP contribution in [0, 0.1) is 11.3 Å². The van der Waals surface area contributed by atoms with Gasteiger partial charge in [-0.05, 0) is 47.1 Å². The molecule has 0 aromatic heterocycles. The molecule has 0 saturated carbocycles. The number of amides is 3. The van der Waals surface area contributed by atoms with Gasteiger partial charge in [-0.3, -0.25) is 0 Å². The van der Waals surface area contributed by atoms with Gasteiger partial charge in [-0.1, -0.05) is 30.3 Å². The first-order valence-corrected chi connectivity index (χ1v) is 9.45. The van der Waals surface area contributed by atoms with Gasteiger partial charge in [0.1, 0.15) is 17.8 Å². The standard InChI is InChI=1S/C21H29N3O6/c1-20(2,3)29-17(25)23(14-10-13-22)24(19(27)30-21(4,5)6)18(26)28-15-16-11-8-7-9-12-16/h7-9,11-12H,10,14-15H2,1-6H3. The molecule has 0 unspecified atom stereocenters. The SMILES string of the molecule is CC(C)(C)OC(=O)N(CCC#N)N(C(=O)OCc1ccccc1)C(=O)OC(C)(C)C. The molecule has 0 aliphatic rings. The molecule has 0 bridgehead atoms. The average Bonchev–Trinajstić information content (AvgIpc) is 2.61. The van der Waals surface area contributed by atoms with Crippen molar-refractivity contribution in [2.75, 3.05) is 6.54 Å². The molecule has 0 radical (unpaired) electrons. The molecule has 0 spiro atoms. The molecule has 1 aromatic rings. The lowest BCUT2D eigenvalue weighted by atomic mass is 10.2. The first-order valence-electron chi connectivity index (χ1n) is 9.45. The van der Waals surface area contributed by atoms with E-state index in [1.807, 2.05) is 12.1 Å². The van der Waals surface area contributed by atoms with Crippen molar-refractivity contribution in [3.8, 4) is 6.07 Å². The molecular formula is C21H29N3O6. The van der Waals surface area contributed by atoms with E-state index < -0.39 is 29.5 Å². The Morgan fingerprint density at radius 1 is 0.900 bits per heavy atom. The summed E-state index contributed by atoms with van der Waals surface area (Å²) in [4.78, 5) is 38.2. The molecule has 0 N–H and O–H groups in total.